The summed E-state index contributed by atoms with van der Waals surface area (Å²) < 4.78 is 0. The molecule has 2 rings (SSSR count). The number of nitrogens with two attached hydrogens (primary N) is 1. The van der Waals surface area contributed by atoms with E-state index in [0.29, 0.717) is 5.02 Å². The molecule has 0 saturated heterocycles. The lowest BCUT2D eigenvalue weighted by Gasteiger charge is -2.24. The Kier molecular flexibility index (Phi) is 3.13. The van der Waals surface area contributed by atoms with E-state index in [9.17, 15) is 5.11 Å². The summed E-state index contributed by atoms with van der Waals surface area (Å²) in [4.78, 5) is 0. The van der Waals surface area contributed by atoms with Gasteiger partial charge in [-0.05, 0) is 56.2 Å². The predicted octanol–water partition coefficient (Wildman–Crippen LogP) is 3.25. The molecule has 1 aromatic carbocycles. The van der Waals surface area contributed by atoms with Gasteiger partial charge in [0.1, 0.15) is 5.75 Å². The van der Waals surface area contributed by atoms with Crippen molar-refractivity contribution in [3.8, 4) is 5.75 Å². The highest BCUT2D eigenvalue weighted by Gasteiger charge is 2.23. The summed E-state index contributed by atoms with van der Waals surface area (Å²) in [7, 11) is 0. The SMILES string of the molecule is Cc1c2c(c(Cl)c(O)c1C(C)N)CCCC2. The van der Waals surface area contributed by atoms with Gasteiger partial charge in [-0.15, -0.1) is 0 Å². The van der Waals surface area contributed by atoms with Gasteiger partial charge in [-0.3, -0.25) is 0 Å². The van der Waals surface area contributed by atoms with Gasteiger partial charge in [-0.2, -0.15) is 0 Å². The quantitative estimate of drug-likeness (QED) is 0.790. The maximum Gasteiger partial charge on any atom is 0.139 e. The maximum absolute atomic E-state index is 10.1. The van der Waals surface area contributed by atoms with Gasteiger partial charge in [0.2, 0.25) is 0 Å². The normalized spacial score (nSPS) is 17.0. The average Bonchev–Trinajstić information content (AvgIpc) is 2.26. The van der Waals surface area contributed by atoms with E-state index in [2.05, 4.69) is 0 Å². The van der Waals surface area contributed by atoms with Crippen molar-refractivity contribution in [3.05, 3.63) is 27.3 Å². The Labute approximate surface area is 101 Å². The van der Waals surface area contributed by atoms with E-state index in [1.165, 1.54) is 12.0 Å². The largest absolute Gasteiger partial charge is 0.506 e. The van der Waals surface area contributed by atoms with E-state index in [1.807, 2.05) is 13.8 Å². The molecule has 0 fully saturated rings. The van der Waals surface area contributed by atoms with Gasteiger partial charge in [-0.25, -0.2) is 0 Å². The van der Waals surface area contributed by atoms with E-state index in [-0.39, 0.29) is 11.8 Å². The van der Waals surface area contributed by atoms with Crippen LogP contribution in [0.1, 0.15) is 48.1 Å². The van der Waals surface area contributed by atoms with Crippen molar-refractivity contribution < 1.29 is 5.11 Å². The molecule has 0 heterocycles. The maximum atomic E-state index is 10.1. The number of phenols is 1. The van der Waals surface area contributed by atoms with Crippen LogP contribution in [-0.4, -0.2) is 5.11 Å². The van der Waals surface area contributed by atoms with Crippen molar-refractivity contribution in [2.45, 2.75) is 45.6 Å². The molecule has 0 radical (unpaired) electrons. The van der Waals surface area contributed by atoms with Gasteiger partial charge in [-0.1, -0.05) is 11.6 Å². The molecule has 0 aliphatic heterocycles. The van der Waals surface area contributed by atoms with E-state index in [1.54, 1.807) is 0 Å². The molecule has 0 amide bonds. The summed E-state index contributed by atoms with van der Waals surface area (Å²) in [5.74, 6) is 0.190. The van der Waals surface area contributed by atoms with E-state index in [0.717, 1.165) is 36.0 Å². The summed E-state index contributed by atoms with van der Waals surface area (Å²) in [6, 6.07) is -0.176. The Hall–Kier alpha value is -0.730. The first-order valence-electron chi connectivity index (χ1n) is 5.82. The first kappa shape index (κ1) is 11.7. The van der Waals surface area contributed by atoms with Crippen LogP contribution in [0.15, 0.2) is 0 Å². The van der Waals surface area contributed by atoms with Gasteiger partial charge in [0.25, 0.3) is 0 Å². The van der Waals surface area contributed by atoms with Crippen molar-refractivity contribution >= 4 is 11.6 Å². The highest BCUT2D eigenvalue weighted by atomic mass is 35.5. The third kappa shape index (κ3) is 1.70. The lowest BCUT2D eigenvalue weighted by Crippen LogP contribution is -2.13. The summed E-state index contributed by atoms with van der Waals surface area (Å²) >= 11 is 6.23. The minimum absolute atomic E-state index is 0.176. The van der Waals surface area contributed by atoms with E-state index < -0.39 is 0 Å². The lowest BCUT2D eigenvalue weighted by molar-refractivity contribution is 0.460. The van der Waals surface area contributed by atoms with E-state index in [4.69, 9.17) is 17.3 Å². The van der Waals surface area contributed by atoms with Crippen LogP contribution < -0.4 is 5.73 Å². The van der Waals surface area contributed by atoms with Crippen molar-refractivity contribution in [1.82, 2.24) is 0 Å². The highest BCUT2D eigenvalue weighted by Crippen LogP contribution is 2.41. The van der Waals surface area contributed by atoms with Crippen LogP contribution in [0, 0.1) is 6.92 Å². The first-order valence-corrected chi connectivity index (χ1v) is 6.20. The van der Waals surface area contributed by atoms with Crippen LogP contribution in [0.25, 0.3) is 0 Å². The summed E-state index contributed by atoms with van der Waals surface area (Å²) in [6.45, 7) is 3.92. The summed E-state index contributed by atoms with van der Waals surface area (Å²) in [6.07, 6.45) is 4.39. The fraction of sp³-hybridized carbons (Fsp3) is 0.538. The Morgan fingerprint density at radius 1 is 1.25 bits per heavy atom. The lowest BCUT2D eigenvalue weighted by atomic mass is 9.84. The second-order valence-electron chi connectivity index (χ2n) is 4.65. The molecule has 16 heavy (non-hydrogen) atoms. The van der Waals surface area contributed by atoms with Crippen molar-refractivity contribution in [3.63, 3.8) is 0 Å². The molecular formula is C13H18ClNO. The van der Waals surface area contributed by atoms with Crippen LogP contribution >= 0.6 is 11.6 Å². The fourth-order valence-electron chi connectivity index (χ4n) is 2.72. The molecule has 3 heteroatoms. The number of hydrogen-bond donors (Lipinski definition) is 2. The Bertz CT molecular complexity index is 427. The van der Waals surface area contributed by atoms with Crippen LogP contribution in [0.4, 0.5) is 0 Å². The molecule has 1 aliphatic carbocycles. The summed E-state index contributed by atoms with van der Waals surface area (Å²) in [5.41, 5.74) is 10.3. The Morgan fingerprint density at radius 3 is 2.38 bits per heavy atom. The molecule has 0 aromatic heterocycles. The highest BCUT2D eigenvalue weighted by molar-refractivity contribution is 6.33. The zero-order chi connectivity index (χ0) is 11.9. The van der Waals surface area contributed by atoms with Crippen LogP contribution in [0.5, 0.6) is 5.75 Å². The number of rotatable bonds is 1. The zero-order valence-corrected chi connectivity index (χ0v) is 10.6. The van der Waals surface area contributed by atoms with E-state index >= 15 is 0 Å². The Balaban J connectivity index is 2.70. The van der Waals surface area contributed by atoms with Crippen LogP contribution in [0.2, 0.25) is 5.02 Å². The number of aromatic hydroxyl groups is 1. The summed E-state index contributed by atoms with van der Waals surface area (Å²) in [5, 5.41) is 10.6. The minimum atomic E-state index is -0.176. The number of benzene rings is 1. The molecule has 88 valence electrons. The predicted molar refractivity (Wildman–Crippen MR) is 67.1 cm³/mol. The van der Waals surface area contributed by atoms with Crippen LogP contribution in [0.3, 0.4) is 0 Å². The number of hydrogen-bond acceptors (Lipinski definition) is 2. The smallest absolute Gasteiger partial charge is 0.139 e. The zero-order valence-electron chi connectivity index (χ0n) is 9.81. The topological polar surface area (TPSA) is 46.2 Å². The Morgan fingerprint density at radius 2 is 1.81 bits per heavy atom. The molecule has 1 aliphatic rings. The molecule has 0 saturated carbocycles. The second-order valence-corrected chi connectivity index (χ2v) is 5.03. The third-order valence-corrected chi connectivity index (χ3v) is 3.91. The average molecular weight is 240 g/mol. The van der Waals surface area contributed by atoms with Crippen molar-refractivity contribution in [1.29, 1.82) is 0 Å². The molecule has 1 aromatic rings. The molecule has 3 N–H and O–H groups in total. The minimum Gasteiger partial charge on any atom is -0.506 e. The molecule has 1 unspecified atom stereocenters. The third-order valence-electron chi connectivity index (χ3n) is 3.51. The molecular weight excluding hydrogens is 222 g/mol. The molecule has 2 nitrogen and oxygen atoms in total. The fourth-order valence-corrected chi connectivity index (χ4v) is 3.03. The van der Waals surface area contributed by atoms with Gasteiger partial charge < -0.3 is 10.8 Å². The number of fused-ring (bicyclic) bond motifs is 1. The van der Waals surface area contributed by atoms with Crippen molar-refractivity contribution in [2.24, 2.45) is 5.73 Å². The van der Waals surface area contributed by atoms with Gasteiger partial charge >= 0.3 is 0 Å². The van der Waals surface area contributed by atoms with Gasteiger partial charge in [0.15, 0.2) is 0 Å². The second kappa shape index (κ2) is 4.27. The molecule has 1 atom stereocenters. The first-order chi connectivity index (χ1) is 7.54. The van der Waals surface area contributed by atoms with Gasteiger partial charge in [0, 0.05) is 11.6 Å². The van der Waals surface area contributed by atoms with Crippen molar-refractivity contribution in [2.75, 3.05) is 0 Å². The van der Waals surface area contributed by atoms with Crippen LogP contribution in [-0.2, 0) is 12.8 Å². The molecule has 0 bridgehead atoms. The monoisotopic (exact) mass is 239 g/mol. The number of halogens is 1. The number of phenolic OH excluding ortho intramolecular Hbond substituents is 1. The standard InChI is InChI=1S/C13H18ClNO/c1-7-9-5-3-4-6-10(9)12(14)13(16)11(7)8(2)15/h8,16H,3-6,15H2,1-2H3. The molecule has 0 spiro atoms. The van der Waals surface area contributed by atoms with Gasteiger partial charge in [0.05, 0.1) is 5.02 Å².